The van der Waals surface area contributed by atoms with Gasteiger partial charge in [-0.1, -0.05) is 6.07 Å². The van der Waals surface area contributed by atoms with Crippen LogP contribution in [0.1, 0.15) is 12.5 Å². The van der Waals surface area contributed by atoms with Gasteiger partial charge in [0.15, 0.2) is 0 Å². The summed E-state index contributed by atoms with van der Waals surface area (Å²) in [5.41, 5.74) is 6.30. The fourth-order valence-corrected chi connectivity index (χ4v) is 1.21. The number of nitrogens with zero attached hydrogens (tertiary/aromatic N) is 1. The van der Waals surface area contributed by atoms with Crippen molar-refractivity contribution in [2.45, 2.75) is 19.5 Å². The van der Waals surface area contributed by atoms with Gasteiger partial charge in [0, 0.05) is 18.7 Å². The maximum absolute atomic E-state index is 10.6. The highest BCUT2D eigenvalue weighted by atomic mass is 16.6. The predicted molar refractivity (Wildman–Crippen MR) is 60.9 cm³/mol. The number of nitro benzene ring substituents is 1. The van der Waals surface area contributed by atoms with Gasteiger partial charge >= 0.3 is 0 Å². The monoisotopic (exact) mass is 225 g/mol. The molecule has 16 heavy (non-hydrogen) atoms. The standard InChI is InChI=1S/C10H15N3O3/c1-7(6-14)12-5-8-2-3-9(11)10(4-8)13(15)16/h2-4,7,12,14H,5-6,11H2,1H3/t7-/m0/s1. The lowest BCUT2D eigenvalue weighted by atomic mass is 10.1. The Bertz CT molecular complexity index is 382. The molecule has 0 aliphatic heterocycles. The highest BCUT2D eigenvalue weighted by Gasteiger charge is 2.11. The van der Waals surface area contributed by atoms with Crippen LogP contribution in [-0.4, -0.2) is 22.7 Å². The van der Waals surface area contributed by atoms with Crippen LogP contribution in [0.2, 0.25) is 0 Å². The molecule has 0 unspecified atom stereocenters. The number of nitrogens with one attached hydrogen (secondary N) is 1. The van der Waals surface area contributed by atoms with Gasteiger partial charge in [-0.15, -0.1) is 0 Å². The average Bonchev–Trinajstić information content (AvgIpc) is 2.27. The number of nitrogen functional groups attached to an aromatic ring is 1. The van der Waals surface area contributed by atoms with Gasteiger partial charge in [0.1, 0.15) is 5.69 Å². The molecule has 6 nitrogen and oxygen atoms in total. The Morgan fingerprint density at radius 2 is 2.31 bits per heavy atom. The van der Waals surface area contributed by atoms with Crippen LogP contribution >= 0.6 is 0 Å². The molecule has 1 aromatic rings. The van der Waals surface area contributed by atoms with Gasteiger partial charge in [-0.2, -0.15) is 0 Å². The van der Waals surface area contributed by atoms with Crippen molar-refractivity contribution in [3.05, 3.63) is 33.9 Å². The van der Waals surface area contributed by atoms with Crippen molar-refractivity contribution in [2.24, 2.45) is 0 Å². The Morgan fingerprint density at radius 3 is 2.88 bits per heavy atom. The van der Waals surface area contributed by atoms with Crippen LogP contribution in [0.5, 0.6) is 0 Å². The number of aliphatic hydroxyl groups is 1. The lowest BCUT2D eigenvalue weighted by Crippen LogP contribution is -2.28. The van der Waals surface area contributed by atoms with E-state index in [0.29, 0.717) is 6.54 Å². The van der Waals surface area contributed by atoms with E-state index in [1.165, 1.54) is 12.1 Å². The number of aliphatic hydroxyl groups excluding tert-OH is 1. The summed E-state index contributed by atoms with van der Waals surface area (Å²) < 4.78 is 0. The minimum atomic E-state index is -0.506. The van der Waals surface area contributed by atoms with Crippen LogP contribution in [0.3, 0.4) is 0 Å². The van der Waals surface area contributed by atoms with Gasteiger partial charge < -0.3 is 16.2 Å². The number of nitrogens with two attached hydrogens (primary N) is 1. The number of hydrogen-bond acceptors (Lipinski definition) is 5. The maximum atomic E-state index is 10.6. The molecule has 1 atom stereocenters. The summed E-state index contributed by atoms with van der Waals surface area (Å²) in [6.07, 6.45) is 0. The van der Waals surface area contributed by atoms with Crippen molar-refractivity contribution in [1.82, 2.24) is 5.32 Å². The van der Waals surface area contributed by atoms with Crippen LogP contribution in [0.4, 0.5) is 11.4 Å². The van der Waals surface area contributed by atoms with E-state index in [9.17, 15) is 10.1 Å². The predicted octanol–water partition coefficient (Wildman–Crippen LogP) is 0.647. The summed E-state index contributed by atoms with van der Waals surface area (Å²) in [4.78, 5) is 10.1. The van der Waals surface area contributed by atoms with E-state index in [0.717, 1.165) is 5.56 Å². The highest BCUT2D eigenvalue weighted by molar-refractivity contribution is 5.59. The van der Waals surface area contributed by atoms with Gasteiger partial charge in [-0.3, -0.25) is 10.1 Å². The molecule has 0 spiro atoms. The van der Waals surface area contributed by atoms with Gasteiger partial charge in [0.25, 0.3) is 5.69 Å². The molecule has 6 heteroatoms. The molecule has 0 bridgehead atoms. The second kappa shape index (κ2) is 5.43. The molecule has 0 amide bonds. The summed E-state index contributed by atoms with van der Waals surface area (Å²) in [5, 5.41) is 22.5. The van der Waals surface area contributed by atoms with E-state index in [2.05, 4.69) is 5.32 Å². The van der Waals surface area contributed by atoms with Gasteiger partial charge in [-0.05, 0) is 18.6 Å². The molecule has 0 saturated heterocycles. The molecule has 88 valence electrons. The smallest absolute Gasteiger partial charge is 0.292 e. The molecular formula is C10H15N3O3. The zero-order valence-electron chi connectivity index (χ0n) is 9.01. The number of nitro groups is 1. The average molecular weight is 225 g/mol. The van der Waals surface area contributed by atoms with Gasteiger partial charge in [-0.25, -0.2) is 0 Å². The maximum Gasteiger partial charge on any atom is 0.292 e. The van der Waals surface area contributed by atoms with Crippen molar-refractivity contribution in [1.29, 1.82) is 0 Å². The van der Waals surface area contributed by atoms with Crippen molar-refractivity contribution >= 4 is 11.4 Å². The molecular weight excluding hydrogens is 210 g/mol. The summed E-state index contributed by atoms with van der Waals surface area (Å²) in [5.74, 6) is 0. The zero-order chi connectivity index (χ0) is 12.1. The number of anilines is 1. The van der Waals surface area contributed by atoms with Gasteiger partial charge in [0.05, 0.1) is 11.5 Å². The second-order valence-corrected chi connectivity index (χ2v) is 3.61. The molecule has 1 rings (SSSR count). The number of hydrogen-bond donors (Lipinski definition) is 3. The number of benzene rings is 1. The first kappa shape index (κ1) is 12.4. The van der Waals surface area contributed by atoms with Gasteiger partial charge in [0.2, 0.25) is 0 Å². The van der Waals surface area contributed by atoms with Crippen LogP contribution in [-0.2, 0) is 6.54 Å². The SMILES string of the molecule is C[C@@H](CO)NCc1ccc(N)c([N+](=O)[O-])c1. The molecule has 1 aromatic carbocycles. The molecule has 4 N–H and O–H groups in total. The lowest BCUT2D eigenvalue weighted by molar-refractivity contribution is -0.384. The minimum absolute atomic E-state index is 0.0249. The third kappa shape index (κ3) is 3.18. The quantitative estimate of drug-likeness (QED) is 0.388. The van der Waals surface area contributed by atoms with E-state index in [4.69, 9.17) is 10.8 Å². The van der Waals surface area contributed by atoms with Crippen LogP contribution in [0.15, 0.2) is 18.2 Å². The van der Waals surface area contributed by atoms with Crippen molar-refractivity contribution in [3.8, 4) is 0 Å². The molecule has 0 radical (unpaired) electrons. The molecule has 0 saturated carbocycles. The van der Waals surface area contributed by atoms with E-state index in [1.807, 2.05) is 6.92 Å². The van der Waals surface area contributed by atoms with Crippen molar-refractivity contribution < 1.29 is 10.0 Å². The van der Waals surface area contributed by atoms with E-state index in [1.54, 1.807) is 6.07 Å². The minimum Gasteiger partial charge on any atom is -0.395 e. The summed E-state index contributed by atoms with van der Waals surface area (Å²) in [6.45, 7) is 2.31. The zero-order valence-corrected chi connectivity index (χ0v) is 9.01. The first-order valence-electron chi connectivity index (χ1n) is 4.91. The van der Waals surface area contributed by atoms with E-state index >= 15 is 0 Å². The fourth-order valence-electron chi connectivity index (χ4n) is 1.21. The van der Waals surface area contributed by atoms with Crippen LogP contribution in [0.25, 0.3) is 0 Å². The summed E-state index contributed by atoms with van der Waals surface area (Å²) >= 11 is 0. The first-order valence-corrected chi connectivity index (χ1v) is 4.91. The largest absolute Gasteiger partial charge is 0.395 e. The lowest BCUT2D eigenvalue weighted by Gasteiger charge is -2.10. The normalized spacial score (nSPS) is 12.4. The first-order chi connectivity index (χ1) is 7.54. The highest BCUT2D eigenvalue weighted by Crippen LogP contribution is 2.22. The summed E-state index contributed by atoms with van der Waals surface area (Å²) in [6, 6.07) is 4.63. The van der Waals surface area contributed by atoms with Crippen molar-refractivity contribution in [2.75, 3.05) is 12.3 Å². The van der Waals surface area contributed by atoms with E-state index in [-0.39, 0.29) is 24.0 Å². The number of rotatable bonds is 5. The van der Waals surface area contributed by atoms with Crippen LogP contribution in [0, 0.1) is 10.1 Å². The Kier molecular flexibility index (Phi) is 4.21. The Labute approximate surface area is 93.2 Å². The topological polar surface area (TPSA) is 101 Å². The Morgan fingerprint density at radius 1 is 1.62 bits per heavy atom. The van der Waals surface area contributed by atoms with Crippen LogP contribution < -0.4 is 11.1 Å². The third-order valence-corrected chi connectivity index (χ3v) is 2.22. The Hall–Kier alpha value is -1.66. The second-order valence-electron chi connectivity index (χ2n) is 3.61. The molecule has 0 aromatic heterocycles. The fraction of sp³-hybridized carbons (Fsp3) is 0.400. The van der Waals surface area contributed by atoms with E-state index < -0.39 is 4.92 Å². The molecule has 0 aliphatic carbocycles. The molecule has 0 fully saturated rings. The van der Waals surface area contributed by atoms with Crippen molar-refractivity contribution in [3.63, 3.8) is 0 Å². The Balaban J connectivity index is 2.75. The molecule has 0 aliphatic rings. The third-order valence-electron chi connectivity index (χ3n) is 2.22. The summed E-state index contributed by atoms with van der Waals surface area (Å²) in [7, 11) is 0. The molecule has 0 heterocycles.